The van der Waals surface area contributed by atoms with Crippen LogP contribution < -0.4 is 10.1 Å². The van der Waals surface area contributed by atoms with Gasteiger partial charge in [-0.05, 0) is 59.3 Å². The molecule has 0 unspecified atom stereocenters. The fourth-order valence-electron chi connectivity index (χ4n) is 2.20. The number of rotatable bonds is 6. The van der Waals surface area contributed by atoms with Gasteiger partial charge in [-0.2, -0.15) is 4.68 Å². The van der Waals surface area contributed by atoms with Crippen molar-refractivity contribution in [2.24, 2.45) is 0 Å². The Morgan fingerprint density at radius 3 is 2.76 bits per heavy atom. The molecule has 0 aliphatic carbocycles. The van der Waals surface area contributed by atoms with E-state index < -0.39 is 0 Å². The predicted molar refractivity (Wildman–Crippen MR) is 96.2 cm³/mol. The minimum absolute atomic E-state index is 0.111. The smallest absolute Gasteiger partial charge is 0.234 e. The van der Waals surface area contributed by atoms with Crippen molar-refractivity contribution in [1.82, 2.24) is 20.2 Å². The number of hydrogen-bond donors (Lipinski definition) is 1. The molecule has 0 bridgehead atoms. The molecule has 0 saturated heterocycles. The quantitative estimate of drug-likeness (QED) is 0.685. The first-order valence-electron chi connectivity index (χ1n) is 7.58. The van der Waals surface area contributed by atoms with Crippen LogP contribution in [-0.2, 0) is 4.79 Å². The normalized spacial score (nSPS) is 10.5. The zero-order valence-corrected chi connectivity index (χ0v) is 14.7. The molecule has 0 radical (unpaired) electrons. The predicted octanol–water partition coefficient (Wildman–Crippen LogP) is 2.71. The third-order valence-electron chi connectivity index (χ3n) is 3.39. The third kappa shape index (κ3) is 4.36. The second-order valence-electron chi connectivity index (χ2n) is 5.28. The number of methoxy groups -OCH3 is 1. The van der Waals surface area contributed by atoms with Crippen molar-refractivity contribution in [1.29, 1.82) is 0 Å². The number of aryl methyl sites for hydroxylation is 1. The summed E-state index contributed by atoms with van der Waals surface area (Å²) in [5.74, 6) is 0.855. The van der Waals surface area contributed by atoms with Gasteiger partial charge in [0.05, 0.1) is 18.6 Å². The van der Waals surface area contributed by atoms with Gasteiger partial charge < -0.3 is 10.1 Å². The number of amides is 1. The third-order valence-corrected chi connectivity index (χ3v) is 4.31. The summed E-state index contributed by atoms with van der Waals surface area (Å²) in [5, 5.41) is 15.1. The van der Waals surface area contributed by atoms with E-state index in [1.165, 1.54) is 11.8 Å². The number of nitrogens with one attached hydrogen (secondary N) is 1. The zero-order chi connectivity index (χ0) is 17.6. The van der Waals surface area contributed by atoms with E-state index in [1.807, 2.05) is 55.5 Å². The van der Waals surface area contributed by atoms with Crippen molar-refractivity contribution >= 4 is 23.4 Å². The molecule has 7 nitrogen and oxygen atoms in total. The lowest BCUT2D eigenvalue weighted by Gasteiger charge is -2.07. The van der Waals surface area contributed by atoms with Gasteiger partial charge in [0.25, 0.3) is 0 Å². The maximum Gasteiger partial charge on any atom is 0.234 e. The minimum Gasteiger partial charge on any atom is -0.497 e. The van der Waals surface area contributed by atoms with Gasteiger partial charge in [0.2, 0.25) is 11.1 Å². The summed E-state index contributed by atoms with van der Waals surface area (Å²) in [4.78, 5) is 12.1. The van der Waals surface area contributed by atoms with Gasteiger partial charge >= 0.3 is 0 Å². The number of tetrazole rings is 1. The number of ether oxygens (including phenoxy) is 1. The summed E-state index contributed by atoms with van der Waals surface area (Å²) in [6, 6.07) is 15.0. The molecule has 0 saturated carbocycles. The van der Waals surface area contributed by atoms with E-state index in [0.29, 0.717) is 5.16 Å². The van der Waals surface area contributed by atoms with Gasteiger partial charge in [0.15, 0.2) is 0 Å². The van der Waals surface area contributed by atoms with Crippen LogP contribution in [0.5, 0.6) is 5.75 Å². The van der Waals surface area contributed by atoms with Crippen molar-refractivity contribution in [2.75, 3.05) is 18.2 Å². The van der Waals surface area contributed by atoms with Crippen LogP contribution in [0.4, 0.5) is 5.69 Å². The molecule has 128 valence electrons. The molecular weight excluding hydrogens is 338 g/mol. The Hall–Kier alpha value is -2.87. The fraction of sp³-hybridized carbons (Fsp3) is 0.176. The summed E-state index contributed by atoms with van der Waals surface area (Å²) in [7, 11) is 1.61. The van der Waals surface area contributed by atoms with E-state index in [-0.39, 0.29) is 11.7 Å². The first-order valence-corrected chi connectivity index (χ1v) is 8.56. The summed E-state index contributed by atoms with van der Waals surface area (Å²) < 4.78 is 6.73. The summed E-state index contributed by atoms with van der Waals surface area (Å²) in [6.45, 7) is 1.98. The number of benzene rings is 2. The highest BCUT2D eigenvalue weighted by molar-refractivity contribution is 7.99. The summed E-state index contributed by atoms with van der Waals surface area (Å²) >= 11 is 1.27. The van der Waals surface area contributed by atoms with Crippen LogP contribution in [0.2, 0.25) is 0 Å². The number of thioether (sulfide) groups is 1. The molecule has 1 aromatic heterocycles. The number of hydrogen-bond acceptors (Lipinski definition) is 6. The van der Waals surface area contributed by atoms with Gasteiger partial charge in [-0.1, -0.05) is 23.9 Å². The molecule has 1 amide bonds. The fourth-order valence-corrected chi connectivity index (χ4v) is 2.90. The van der Waals surface area contributed by atoms with E-state index in [9.17, 15) is 4.79 Å². The lowest BCUT2D eigenvalue weighted by atomic mass is 10.2. The van der Waals surface area contributed by atoms with Crippen molar-refractivity contribution in [3.8, 4) is 11.4 Å². The van der Waals surface area contributed by atoms with Crippen LogP contribution in [0.1, 0.15) is 5.56 Å². The van der Waals surface area contributed by atoms with Crippen molar-refractivity contribution in [2.45, 2.75) is 12.1 Å². The SMILES string of the molecule is COc1ccc(-n2nnnc2SCC(=O)Nc2cccc(C)c2)cc1. The Labute approximate surface area is 149 Å². The molecule has 0 spiro atoms. The highest BCUT2D eigenvalue weighted by atomic mass is 32.2. The maximum atomic E-state index is 12.1. The van der Waals surface area contributed by atoms with E-state index in [4.69, 9.17) is 4.74 Å². The molecule has 0 fully saturated rings. The van der Waals surface area contributed by atoms with Crippen molar-refractivity contribution < 1.29 is 9.53 Å². The molecule has 0 aliphatic rings. The van der Waals surface area contributed by atoms with E-state index in [2.05, 4.69) is 20.8 Å². The highest BCUT2D eigenvalue weighted by Gasteiger charge is 2.12. The second kappa shape index (κ2) is 7.80. The average Bonchev–Trinajstić information content (AvgIpc) is 3.08. The van der Waals surface area contributed by atoms with Gasteiger partial charge in [0.1, 0.15) is 5.75 Å². The Balaban J connectivity index is 1.64. The van der Waals surface area contributed by atoms with Crippen LogP contribution in [0.25, 0.3) is 5.69 Å². The van der Waals surface area contributed by atoms with Gasteiger partial charge in [-0.25, -0.2) is 0 Å². The second-order valence-corrected chi connectivity index (χ2v) is 6.22. The molecule has 1 heterocycles. The Morgan fingerprint density at radius 1 is 1.24 bits per heavy atom. The first kappa shape index (κ1) is 17.0. The Bertz CT molecular complexity index is 863. The highest BCUT2D eigenvalue weighted by Crippen LogP contribution is 2.20. The molecule has 3 rings (SSSR count). The van der Waals surface area contributed by atoms with E-state index >= 15 is 0 Å². The lowest BCUT2D eigenvalue weighted by molar-refractivity contribution is -0.113. The molecule has 8 heteroatoms. The van der Waals surface area contributed by atoms with Crippen molar-refractivity contribution in [3.05, 3.63) is 54.1 Å². The molecule has 0 aliphatic heterocycles. The topological polar surface area (TPSA) is 81.9 Å². The number of aromatic nitrogens is 4. The van der Waals surface area contributed by atoms with Crippen molar-refractivity contribution in [3.63, 3.8) is 0 Å². The van der Waals surface area contributed by atoms with E-state index in [0.717, 1.165) is 22.7 Å². The van der Waals surface area contributed by atoms with Crippen LogP contribution >= 0.6 is 11.8 Å². The van der Waals surface area contributed by atoms with Crippen LogP contribution in [0, 0.1) is 6.92 Å². The minimum atomic E-state index is -0.111. The number of nitrogens with zero attached hydrogens (tertiary/aromatic N) is 4. The molecule has 3 aromatic rings. The lowest BCUT2D eigenvalue weighted by Crippen LogP contribution is -2.14. The molecule has 1 N–H and O–H groups in total. The Kier molecular flexibility index (Phi) is 5.30. The monoisotopic (exact) mass is 355 g/mol. The first-order chi connectivity index (χ1) is 12.2. The molecular formula is C17H17N5O2S. The molecule has 25 heavy (non-hydrogen) atoms. The van der Waals surface area contributed by atoms with Crippen LogP contribution in [0.15, 0.2) is 53.7 Å². The van der Waals surface area contributed by atoms with Crippen LogP contribution in [-0.4, -0.2) is 39.0 Å². The molecule has 2 aromatic carbocycles. The van der Waals surface area contributed by atoms with Gasteiger partial charge in [0, 0.05) is 5.69 Å². The van der Waals surface area contributed by atoms with Gasteiger partial charge in [-0.3, -0.25) is 4.79 Å². The molecule has 0 atom stereocenters. The largest absolute Gasteiger partial charge is 0.497 e. The summed E-state index contributed by atoms with van der Waals surface area (Å²) in [6.07, 6.45) is 0. The van der Waals surface area contributed by atoms with Gasteiger partial charge in [-0.15, -0.1) is 5.10 Å². The zero-order valence-electron chi connectivity index (χ0n) is 13.8. The maximum absolute atomic E-state index is 12.1. The van der Waals surface area contributed by atoms with Crippen LogP contribution in [0.3, 0.4) is 0 Å². The number of anilines is 1. The number of carbonyl (C=O) groups is 1. The van der Waals surface area contributed by atoms with E-state index in [1.54, 1.807) is 11.8 Å². The number of carbonyl (C=O) groups excluding carboxylic acids is 1. The Morgan fingerprint density at radius 2 is 2.04 bits per heavy atom. The standard InChI is InChI=1S/C17H17N5O2S/c1-12-4-3-5-13(10-12)18-16(23)11-25-17-19-20-21-22(17)14-6-8-15(24-2)9-7-14/h3-10H,11H2,1-2H3,(H,18,23). The average molecular weight is 355 g/mol. The summed E-state index contributed by atoms with van der Waals surface area (Å²) in [5.41, 5.74) is 2.67.